The maximum atomic E-state index is 11.3. The Bertz CT molecular complexity index is 5820. The maximum absolute atomic E-state index is 11.3. The molecule has 0 radical (unpaired) electrons. The molecule has 0 aliphatic heterocycles. The highest BCUT2D eigenvalue weighted by molar-refractivity contribution is 9.11. The van der Waals surface area contributed by atoms with Gasteiger partial charge in [0.1, 0.15) is 88.9 Å². The molecule has 0 unspecified atom stereocenters. The van der Waals surface area contributed by atoms with Crippen LogP contribution in [-0.4, -0.2) is 155 Å². The van der Waals surface area contributed by atoms with Gasteiger partial charge in [-0.1, -0.05) is 43.5 Å². The number of furan rings is 1. The number of ether oxygens (including phenoxy) is 2. The number of nitrogens with zero attached hydrogens (tertiary/aromatic N) is 10. The number of amides is 1. The summed E-state index contributed by atoms with van der Waals surface area (Å²) in [5, 5.41) is 27.7. The third-order valence-corrected chi connectivity index (χ3v) is 29.6. The summed E-state index contributed by atoms with van der Waals surface area (Å²) in [4.78, 5) is 114. The molecular weight excluding hydrogens is 2110 g/mol. The molecule has 12 aromatic heterocycles. The van der Waals surface area contributed by atoms with E-state index >= 15 is 0 Å². The number of nitrogens with one attached hydrogen (secondary N) is 4. The van der Waals surface area contributed by atoms with Crippen molar-refractivity contribution >= 4 is 298 Å². The molecule has 30 nitrogen and oxygen atoms in total. The number of para-hydroxylation sites is 1. The fraction of sp³-hybridized carbons (Fsp3) is 0.420. The summed E-state index contributed by atoms with van der Waals surface area (Å²) in [6, 6.07) is 17.8. The van der Waals surface area contributed by atoms with E-state index in [-0.39, 0.29) is 29.9 Å². The van der Waals surface area contributed by atoms with Gasteiger partial charge < -0.3 is 77.9 Å². The van der Waals surface area contributed by atoms with Crippen LogP contribution < -0.4 is 56.1 Å². The highest BCUT2D eigenvalue weighted by Crippen LogP contribution is 2.61. The summed E-state index contributed by atoms with van der Waals surface area (Å²) in [6.45, 7) is 19.2. The zero-order valence-corrected chi connectivity index (χ0v) is 86.9. The number of nitriles is 1. The van der Waals surface area contributed by atoms with Crippen molar-refractivity contribution < 1.29 is 42.7 Å². The molecule has 127 heavy (non-hydrogen) atoms. The van der Waals surface area contributed by atoms with E-state index in [0.29, 0.717) is 82.0 Å². The molecule has 12 heterocycles. The first-order valence-corrected chi connectivity index (χ1v) is 52.5. The summed E-state index contributed by atoms with van der Waals surface area (Å²) >= 11 is 43.3. The van der Waals surface area contributed by atoms with E-state index < -0.39 is 18.1 Å². The first-order valence-electron chi connectivity index (χ1n) is 39.6. The molecule has 0 atom stereocenters. The van der Waals surface area contributed by atoms with Crippen molar-refractivity contribution in [3.05, 3.63) is 153 Å². The Kier molecular flexibility index (Phi) is 49.8. The lowest BCUT2D eigenvalue weighted by atomic mass is 9.69. The number of aldehydes is 1. The zero-order valence-electron chi connectivity index (χ0n) is 71.7. The molecule has 3 aliphatic carbocycles. The second-order valence-electron chi connectivity index (χ2n) is 28.3. The number of primary amides is 1. The molecule has 1 amide bonds. The lowest BCUT2D eigenvalue weighted by molar-refractivity contribution is -0.141. The SMILES string of the molecule is CB(O)c1cc2ccccc2o1.CCC=O.CCOC(=O)CC#N.CCOC(=O)c1cc(C)sc1N.Cc1cc2c(=O)[nH]cnc2s1.Cc1sc2nc[nH]c(=O)c2c1Br.Cc1sc2ncnc(Cl)c2c1Br.Cc1sc2ncnc(NC3CCC(N(C)C)CC3)c2c1Br.Cc1sc2ncnc(NC3CCC(N)CC3)c2c1Br.NC1CCC(N)CC1.NC=O.O=P(Cl)(Cl)Cl. The molecule has 16 rings (SSSR count). The Labute approximate surface area is 813 Å². The third kappa shape index (κ3) is 37.2. The van der Waals surface area contributed by atoms with Gasteiger partial charge in [0.05, 0.1) is 64.4 Å². The Morgan fingerprint density at radius 2 is 1.04 bits per heavy atom. The van der Waals surface area contributed by atoms with Crippen LogP contribution in [0.3, 0.4) is 0 Å². The molecule has 3 aliphatic rings. The maximum Gasteiger partial charge on any atom is 0.362 e. The Morgan fingerprint density at radius 1 is 0.630 bits per heavy atom. The van der Waals surface area contributed by atoms with E-state index in [9.17, 15) is 33.6 Å². The number of anilines is 3. The van der Waals surface area contributed by atoms with E-state index in [1.165, 1.54) is 93.3 Å². The Hall–Kier alpha value is -6.60. The van der Waals surface area contributed by atoms with Gasteiger partial charge in [-0.15, -0.1) is 68.0 Å². The predicted molar refractivity (Wildman–Crippen MR) is 542 cm³/mol. The van der Waals surface area contributed by atoms with Crippen LogP contribution in [0.5, 0.6) is 0 Å². The van der Waals surface area contributed by atoms with Gasteiger partial charge in [-0.25, -0.2) is 44.7 Å². The van der Waals surface area contributed by atoms with E-state index in [1.807, 2.05) is 71.0 Å². The van der Waals surface area contributed by atoms with Crippen LogP contribution in [0.1, 0.15) is 150 Å². The number of H-pyrrole nitrogens is 2. The van der Waals surface area contributed by atoms with E-state index in [0.717, 1.165) is 159 Å². The number of benzene rings is 1. The molecule has 3 fully saturated rings. The minimum Gasteiger partial charge on any atom is -0.468 e. The number of nitrogens with two attached hydrogens (primary N) is 5. The quantitative estimate of drug-likeness (QED) is 0.0189. The molecule has 46 heteroatoms. The molecule has 15 N–H and O–H groups in total. The molecule has 3 saturated carbocycles. The fourth-order valence-electron chi connectivity index (χ4n) is 12.1. The Morgan fingerprint density at radius 3 is 1.45 bits per heavy atom. The third-order valence-electron chi connectivity index (χ3n) is 18.4. The standard InChI is InChI=1S/C15H21BrN4S.C13H17BrN4S.C9H9BO2.C8H11NO2S.C7H4BrClN2S.C7H5BrN2OS.C7H6N2OS.C6H14N2.C5H7NO2.C3H6O.CH3NO.Cl3OP/c1-9-13(16)12-14(17-8-18-15(12)21-9)19-10-4-6-11(7-5-10)20(2)3;1-7-11(14)10-12(16-6-17-13(10)19-7)18-9-4-2-8(15)3-5-9;1-10(11)9-6-7-4-2-3-5-8(7)12-9;1-3-11-8(10)6-4-5(2)12-7(6)9;1-3-5(8)4-6(9)10-2-11-7(4)12-3;1-3-5(8)4-6(11)9-2-10-7(4)12-3;1-4-2-5-6(10)8-3-9-7(5)11-4;7-5-1-2-6(8)4-3-5;1-2-8-5(7)3-4-6;1-2-3-4;2-1-3;1-5(2,3)4/h8,10-11H,4-7H2,1-3H3,(H,17,18,19);6,8-9H,2-5,15H2,1H3,(H,16,17,18);2-6,11H,1H3;4H,3,9H2,1-2H3;2H,1H3;2H,1H3,(H,9,10,11);2-3H,1H3,(H,8,9,10);5-6H,1-4,7-8H2;2-3H2,1H3;3H,2H2,1H3;1H,(H2,2,3);. The van der Waals surface area contributed by atoms with Crippen LogP contribution in [0.4, 0.5) is 16.6 Å². The number of esters is 2. The van der Waals surface area contributed by atoms with Gasteiger partial charge in [-0.05, 0) is 268 Å². The number of carbonyl (C=O) groups is 4. The topological polar surface area (TPSA) is 487 Å². The molecular formula is C81H103BBr4Cl4N19O11PS6. The van der Waals surface area contributed by atoms with Crippen molar-refractivity contribution in [2.75, 3.05) is 43.7 Å². The Balaban J connectivity index is 0.000000253. The number of carbonyl (C=O) groups excluding carboxylic acids is 4. The molecule has 0 spiro atoms. The van der Waals surface area contributed by atoms with Crippen LogP contribution in [0.25, 0.3) is 62.1 Å². The monoisotopic (exact) mass is 2210 g/mol. The van der Waals surface area contributed by atoms with Gasteiger partial charge >= 0.3 is 24.1 Å². The van der Waals surface area contributed by atoms with Crippen LogP contribution in [-0.2, 0) is 28.4 Å². The summed E-state index contributed by atoms with van der Waals surface area (Å²) in [5.74, 6) is 1.14. The number of rotatable bonds is 11. The summed E-state index contributed by atoms with van der Waals surface area (Å²) in [6.07, 6.45) is 23.1. The molecule has 13 aromatic rings. The van der Waals surface area contributed by atoms with Gasteiger partial charge in [0.25, 0.3) is 11.1 Å². The average Bonchev–Trinajstić information content (AvgIpc) is 1.67. The molecule has 1 aromatic carbocycles. The number of aromatic amines is 2. The van der Waals surface area contributed by atoms with Crippen molar-refractivity contribution in [2.45, 2.75) is 195 Å². The van der Waals surface area contributed by atoms with Crippen LogP contribution in [0.2, 0.25) is 12.0 Å². The van der Waals surface area contributed by atoms with Crippen molar-refractivity contribution in [3.8, 4) is 6.07 Å². The van der Waals surface area contributed by atoms with Crippen molar-refractivity contribution in [1.82, 2.24) is 54.7 Å². The minimum absolute atomic E-state index is 0.0562. The van der Waals surface area contributed by atoms with Crippen LogP contribution in [0, 0.1) is 52.9 Å². The fourth-order valence-corrected chi connectivity index (χ4v) is 20.7. The van der Waals surface area contributed by atoms with Gasteiger partial charge in [0, 0.05) is 95.2 Å². The number of hydrogen-bond acceptors (Lipinski definition) is 33. The highest BCUT2D eigenvalue weighted by atomic mass is 79.9. The molecule has 688 valence electrons. The lowest BCUT2D eigenvalue weighted by Gasteiger charge is -2.33. The number of fused-ring (bicyclic) bond motifs is 6. The largest absolute Gasteiger partial charge is 0.468 e. The van der Waals surface area contributed by atoms with Gasteiger partial charge in [-0.2, -0.15) is 5.26 Å². The van der Waals surface area contributed by atoms with Gasteiger partial charge in [-0.3, -0.25) is 23.7 Å². The number of aromatic nitrogens is 10. The number of aryl methyl sites for hydroxylation is 6. The van der Waals surface area contributed by atoms with Gasteiger partial charge in [0.2, 0.25) is 6.41 Å². The van der Waals surface area contributed by atoms with Gasteiger partial charge in [0.15, 0.2) is 0 Å². The number of nitrogen functional groups attached to an aromatic ring is 1. The lowest BCUT2D eigenvalue weighted by Crippen LogP contribution is -2.36. The van der Waals surface area contributed by atoms with Crippen LogP contribution >= 0.6 is 182 Å². The van der Waals surface area contributed by atoms with Crippen LogP contribution in [0.15, 0.2) is 106 Å². The average molecular weight is 2210 g/mol. The van der Waals surface area contributed by atoms with Crippen molar-refractivity contribution in [1.29, 1.82) is 5.26 Å². The molecule has 0 saturated heterocycles. The minimum atomic E-state index is -3.22. The smallest absolute Gasteiger partial charge is 0.362 e. The zero-order chi connectivity index (χ0) is 94.4. The highest BCUT2D eigenvalue weighted by Gasteiger charge is 2.26. The van der Waals surface area contributed by atoms with Crippen molar-refractivity contribution in [3.63, 3.8) is 0 Å². The first kappa shape index (κ1) is 111. The van der Waals surface area contributed by atoms with Crippen molar-refractivity contribution in [2.24, 2.45) is 22.9 Å². The summed E-state index contributed by atoms with van der Waals surface area (Å²) in [5.41, 5.74) is 28.8. The number of thiophene rings is 6. The molecule has 0 bridgehead atoms. The normalized spacial score (nSPS) is 16.0. The number of halogens is 8. The predicted octanol–water partition coefficient (Wildman–Crippen LogP) is 20.5. The first-order chi connectivity index (χ1) is 60.2. The van der Waals surface area contributed by atoms with E-state index in [2.05, 4.69) is 201 Å². The summed E-state index contributed by atoms with van der Waals surface area (Å²) < 4.78 is 28.2. The van der Waals surface area contributed by atoms with E-state index in [4.69, 9.17) is 53.7 Å². The van der Waals surface area contributed by atoms with E-state index in [1.54, 1.807) is 79.5 Å². The second kappa shape index (κ2) is 57.0. The number of hydrogen-bond donors (Lipinski definition) is 10. The summed E-state index contributed by atoms with van der Waals surface area (Å²) in [7, 11) is 4.36. The second-order valence-corrected chi connectivity index (χ2v) is 45.8.